The fourth-order valence-corrected chi connectivity index (χ4v) is 1.78. The van der Waals surface area contributed by atoms with Gasteiger partial charge in [0.2, 0.25) is 23.6 Å². The Hall–Kier alpha value is -1.80. The van der Waals surface area contributed by atoms with Crippen molar-refractivity contribution in [2.75, 3.05) is 54.4 Å². The zero-order valence-corrected chi connectivity index (χ0v) is 12.3. The average Bonchev–Trinajstić information content (AvgIpc) is 2.29. The van der Waals surface area contributed by atoms with Crippen LogP contribution in [0.5, 0.6) is 0 Å². The van der Waals surface area contributed by atoms with E-state index < -0.39 is 23.6 Å². The van der Waals surface area contributed by atoms with E-state index in [1.165, 1.54) is 0 Å². The van der Waals surface area contributed by atoms with E-state index in [2.05, 4.69) is 0 Å². The molecule has 1 aliphatic heterocycles. The van der Waals surface area contributed by atoms with Gasteiger partial charge in [-0.2, -0.15) is 0 Å². The minimum Gasteiger partial charge on any atom is -0.301 e. The Morgan fingerprint density at radius 1 is 0.850 bits per heavy atom. The van der Waals surface area contributed by atoms with Crippen LogP contribution < -0.4 is 0 Å². The van der Waals surface area contributed by atoms with Gasteiger partial charge in [-0.15, -0.1) is 0 Å². The summed E-state index contributed by atoms with van der Waals surface area (Å²) in [6, 6.07) is 0. The van der Waals surface area contributed by atoms with E-state index in [4.69, 9.17) is 0 Å². The molecular weight excluding hydrogens is 264 g/mol. The molecule has 1 rings (SSSR count). The van der Waals surface area contributed by atoms with Gasteiger partial charge in [0.05, 0.1) is 13.1 Å². The molecule has 0 atom stereocenters. The number of piperazine rings is 1. The van der Waals surface area contributed by atoms with E-state index in [1.807, 2.05) is 0 Å². The van der Waals surface area contributed by atoms with Crippen LogP contribution in [0.4, 0.5) is 0 Å². The average molecular weight is 284 g/mol. The van der Waals surface area contributed by atoms with Gasteiger partial charge in [0.15, 0.2) is 0 Å². The molecular formula is C12H20N4O4. The van der Waals surface area contributed by atoms with Crippen LogP contribution in [0.2, 0.25) is 0 Å². The number of carbonyl (C=O) groups is 4. The summed E-state index contributed by atoms with van der Waals surface area (Å²) in [7, 11) is 6.78. The molecule has 0 saturated carbocycles. The second-order valence-electron chi connectivity index (χ2n) is 5.22. The SMILES string of the molecule is CN(C)CC(=O)N1CC(=O)N(C(=O)CN(C)C)CC1=O. The van der Waals surface area contributed by atoms with Crippen LogP contribution in [0, 0.1) is 0 Å². The summed E-state index contributed by atoms with van der Waals surface area (Å²) in [6.45, 7) is -0.648. The maximum Gasteiger partial charge on any atom is 0.249 e. The van der Waals surface area contributed by atoms with E-state index in [1.54, 1.807) is 38.0 Å². The summed E-state index contributed by atoms with van der Waals surface area (Å²) < 4.78 is 0. The van der Waals surface area contributed by atoms with Crippen LogP contribution in [-0.4, -0.2) is 97.6 Å². The lowest BCUT2D eigenvalue weighted by atomic mass is 10.2. The summed E-state index contributed by atoms with van der Waals surface area (Å²) in [5, 5.41) is 0. The molecule has 1 fully saturated rings. The lowest BCUT2D eigenvalue weighted by Gasteiger charge is -2.32. The number of amides is 4. The first kappa shape index (κ1) is 16.3. The van der Waals surface area contributed by atoms with E-state index in [9.17, 15) is 19.2 Å². The van der Waals surface area contributed by atoms with E-state index in [-0.39, 0.29) is 26.2 Å². The number of hydrogen-bond donors (Lipinski definition) is 0. The Morgan fingerprint density at radius 3 is 1.40 bits per heavy atom. The molecule has 0 spiro atoms. The summed E-state index contributed by atoms with van der Waals surface area (Å²) in [5.74, 6) is -1.92. The zero-order chi connectivity index (χ0) is 15.4. The van der Waals surface area contributed by atoms with Crippen molar-refractivity contribution in [1.82, 2.24) is 19.6 Å². The van der Waals surface area contributed by atoms with Crippen LogP contribution in [0.1, 0.15) is 0 Å². The molecule has 0 aliphatic carbocycles. The number of nitrogens with zero attached hydrogens (tertiary/aromatic N) is 4. The fraction of sp³-hybridized carbons (Fsp3) is 0.667. The van der Waals surface area contributed by atoms with Gasteiger partial charge in [-0.1, -0.05) is 0 Å². The van der Waals surface area contributed by atoms with Gasteiger partial charge < -0.3 is 9.80 Å². The highest BCUT2D eigenvalue weighted by molar-refractivity contribution is 6.09. The molecule has 1 aliphatic rings. The number of rotatable bonds is 4. The largest absolute Gasteiger partial charge is 0.301 e. The van der Waals surface area contributed by atoms with E-state index >= 15 is 0 Å². The summed E-state index contributed by atoms with van der Waals surface area (Å²) in [4.78, 5) is 52.5. The lowest BCUT2D eigenvalue weighted by molar-refractivity contribution is -0.162. The summed E-state index contributed by atoms with van der Waals surface area (Å²) in [5.41, 5.74) is 0. The van der Waals surface area contributed by atoms with E-state index in [0.29, 0.717) is 0 Å². The third kappa shape index (κ3) is 4.10. The minimum atomic E-state index is -0.524. The van der Waals surface area contributed by atoms with Crippen molar-refractivity contribution in [3.05, 3.63) is 0 Å². The molecule has 4 amide bonds. The molecule has 0 aromatic rings. The van der Waals surface area contributed by atoms with Crippen LogP contribution in [0.3, 0.4) is 0 Å². The normalized spacial score (nSPS) is 16.3. The van der Waals surface area contributed by atoms with Gasteiger partial charge in [0, 0.05) is 0 Å². The molecule has 8 heteroatoms. The van der Waals surface area contributed by atoms with Gasteiger partial charge in [-0.3, -0.25) is 29.0 Å². The Kier molecular flexibility index (Phi) is 5.34. The van der Waals surface area contributed by atoms with Crippen LogP contribution >= 0.6 is 0 Å². The van der Waals surface area contributed by atoms with Crippen molar-refractivity contribution < 1.29 is 19.2 Å². The Morgan fingerprint density at radius 2 is 1.15 bits per heavy atom. The summed E-state index contributed by atoms with van der Waals surface area (Å²) in [6.07, 6.45) is 0. The predicted molar refractivity (Wildman–Crippen MR) is 70.5 cm³/mol. The van der Waals surface area contributed by atoms with Gasteiger partial charge in [0.1, 0.15) is 13.1 Å². The van der Waals surface area contributed by atoms with Crippen LogP contribution in [0.25, 0.3) is 0 Å². The summed E-state index contributed by atoms with van der Waals surface area (Å²) >= 11 is 0. The quantitative estimate of drug-likeness (QED) is 0.584. The van der Waals surface area contributed by atoms with Crippen molar-refractivity contribution in [2.45, 2.75) is 0 Å². The zero-order valence-electron chi connectivity index (χ0n) is 12.3. The number of carbonyl (C=O) groups excluding carboxylic acids is 4. The van der Waals surface area contributed by atoms with Gasteiger partial charge in [-0.05, 0) is 28.2 Å². The van der Waals surface area contributed by atoms with Gasteiger partial charge in [-0.25, -0.2) is 0 Å². The van der Waals surface area contributed by atoms with Gasteiger partial charge in [0.25, 0.3) is 0 Å². The standard InChI is InChI=1S/C12H20N4O4/c1-13(2)5-9(17)15-7-12(20)16(8-11(15)19)10(18)6-14(3)4/h5-8H2,1-4H3. The third-order valence-electron chi connectivity index (χ3n) is 2.69. The molecule has 0 aromatic heterocycles. The predicted octanol–water partition coefficient (Wildman–Crippen LogP) is -2.17. The molecule has 20 heavy (non-hydrogen) atoms. The van der Waals surface area contributed by atoms with Gasteiger partial charge >= 0.3 is 0 Å². The first-order chi connectivity index (χ1) is 9.22. The molecule has 1 saturated heterocycles. The Balaban J connectivity index is 2.71. The first-order valence-corrected chi connectivity index (χ1v) is 6.18. The molecule has 112 valence electrons. The highest BCUT2D eigenvalue weighted by Gasteiger charge is 2.36. The molecule has 0 aromatic carbocycles. The van der Waals surface area contributed by atoms with Crippen molar-refractivity contribution >= 4 is 23.6 Å². The van der Waals surface area contributed by atoms with Crippen molar-refractivity contribution in [1.29, 1.82) is 0 Å². The van der Waals surface area contributed by atoms with E-state index in [0.717, 1.165) is 9.80 Å². The molecule has 0 bridgehead atoms. The number of likely N-dealkylation sites (N-methyl/N-ethyl adjacent to an activating group) is 2. The second kappa shape index (κ2) is 6.58. The maximum absolute atomic E-state index is 11.9. The number of imide groups is 2. The smallest absolute Gasteiger partial charge is 0.249 e. The molecule has 1 heterocycles. The van der Waals surface area contributed by atoms with Crippen molar-refractivity contribution in [3.8, 4) is 0 Å². The number of hydrogen-bond acceptors (Lipinski definition) is 6. The van der Waals surface area contributed by atoms with Crippen LogP contribution in [0.15, 0.2) is 0 Å². The second-order valence-corrected chi connectivity index (χ2v) is 5.22. The van der Waals surface area contributed by atoms with Crippen LogP contribution in [-0.2, 0) is 19.2 Å². The molecule has 0 unspecified atom stereocenters. The minimum absolute atomic E-state index is 0.0463. The molecule has 0 radical (unpaired) electrons. The van der Waals surface area contributed by atoms with Crippen molar-refractivity contribution in [3.63, 3.8) is 0 Å². The topological polar surface area (TPSA) is 81.2 Å². The highest BCUT2D eigenvalue weighted by atomic mass is 16.2. The fourth-order valence-electron chi connectivity index (χ4n) is 1.78. The molecule has 8 nitrogen and oxygen atoms in total. The highest BCUT2D eigenvalue weighted by Crippen LogP contribution is 2.06. The monoisotopic (exact) mass is 284 g/mol. The first-order valence-electron chi connectivity index (χ1n) is 6.18. The third-order valence-corrected chi connectivity index (χ3v) is 2.69. The Bertz CT molecular complexity index is 393. The maximum atomic E-state index is 11.9. The Labute approximate surface area is 117 Å². The lowest BCUT2D eigenvalue weighted by Crippen LogP contribution is -2.59. The molecule has 0 N–H and O–H groups in total. The van der Waals surface area contributed by atoms with Crippen molar-refractivity contribution in [2.24, 2.45) is 0 Å².